The monoisotopic (exact) mass is 318 g/mol. The zero-order chi connectivity index (χ0) is 17.0. The molecule has 1 fully saturated rings. The molecular formula is C17H22N2O4. The van der Waals surface area contributed by atoms with Gasteiger partial charge in [0.15, 0.2) is 0 Å². The van der Waals surface area contributed by atoms with Crippen LogP contribution < -0.4 is 5.32 Å². The second kappa shape index (κ2) is 6.81. The van der Waals surface area contributed by atoms with Gasteiger partial charge < -0.3 is 10.4 Å². The van der Waals surface area contributed by atoms with Crippen molar-refractivity contribution in [1.82, 2.24) is 10.2 Å². The molecule has 1 atom stereocenters. The number of urea groups is 1. The van der Waals surface area contributed by atoms with Crippen LogP contribution in [0.5, 0.6) is 0 Å². The van der Waals surface area contributed by atoms with E-state index in [-0.39, 0.29) is 18.9 Å². The van der Waals surface area contributed by atoms with E-state index >= 15 is 0 Å². The Kier molecular flexibility index (Phi) is 5.03. The lowest BCUT2D eigenvalue weighted by Crippen LogP contribution is -2.43. The predicted octanol–water partition coefficient (Wildman–Crippen LogP) is 2.41. The summed E-state index contributed by atoms with van der Waals surface area (Å²) in [6.45, 7) is 4.07. The Labute approximate surface area is 135 Å². The Bertz CT molecular complexity index is 612. The Hall–Kier alpha value is -2.37. The number of nitrogens with zero attached hydrogens (tertiary/aromatic N) is 1. The van der Waals surface area contributed by atoms with Gasteiger partial charge in [-0.1, -0.05) is 36.8 Å². The van der Waals surface area contributed by atoms with E-state index in [2.05, 4.69) is 5.32 Å². The smallest absolute Gasteiger partial charge is 0.325 e. The van der Waals surface area contributed by atoms with Crippen LogP contribution in [0.15, 0.2) is 24.3 Å². The van der Waals surface area contributed by atoms with Gasteiger partial charge in [-0.2, -0.15) is 0 Å². The van der Waals surface area contributed by atoms with Gasteiger partial charge in [0.05, 0.1) is 0 Å². The number of carboxylic acids is 1. The number of benzene rings is 1. The van der Waals surface area contributed by atoms with Crippen LogP contribution in [0.1, 0.15) is 43.7 Å². The number of hydrogen-bond donors (Lipinski definition) is 2. The zero-order valence-electron chi connectivity index (χ0n) is 13.5. The first-order chi connectivity index (χ1) is 10.9. The van der Waals surface area contributed by atoms with Crippen molar-refractivity contribution in [2.45, 2.75) is 45.1 Å². The number of carbonyl (C=O) groups is 3. The van der Waals surface area contributed by atoms with Gasteiger partial charge >= 0.3 is 12.0 Å². The minimum atomic E-state index is -1.02. The Balaban J connectivity index is 2.14. The van der Waals surface area contributed by atoms with Crippen molar-refractivity contribution in [1.29, 1.82) is 0 Å². The second-order valence-electron chi connectivity index (χ2n) is 5.86. The van der Waals surface area contributed by atoms with E-state index in [0.717, 1.165) is 11.1 Å². The van der Waals surface area contributed by atoms with Crippen molar-refractivity contribution in [3.63, 3.8) is 0 Å². The summed E-state index contributed by atoms with van der Waals surface area (Å²) in [7, 11) is 0. The summed E-state index contributed by atoms with van der Waals surface area (Å²) in [5.41, 5.74) is 0.844. The van der Waals surface area contributed by atoms with Crippen LogP contribution in [0.3, 0.4) is 0 Å². The van der Waals surface area contributed by atoms with Crippen LogP contribution in [0.4, 0.5) is 4.79 Å². The molecule has 1 aromatic rings. The first-order valence-corrected chi connectivity index (χ1v) is 7.84. The van der Waals surface area contributed by atoms with Gasteiger partial charge in [-0.05, 0) is 31.7 Å². The highest BCUT2D eigenvalue weighted by Crippen LogP contribution is 2.32. The van der Waals surface area contributed by atoms with Crippen molar-refractivity contribution >= 4 is 17.9 Å². The molecule has 0 bridgehead atoms. The van der Waals surface area contributed by atoms with Crippen LogP contribution >= 0.6 is 0 Å². The van der Waals surface area contributed by atoms with E-state index in [0.29, 0.717) is 19.3 Å². The van der Waals surface area contributed by atoms with Gasteiger partial charge in [-0.25, -0.2) is 4.79 Å². The van der Waals surface area contributed by atoms with Crippen LogP contribution in [0.2, 0.25) is 0 Å². The number of aryl methyl sites for hydroxylation is 1. The van der Waals surface area contributed by atoms with Crippen molar-refractivity contribution in [2.75, 3.05) is 6.54 Å². The number of nitrogens with one attached hydrogen (secondary N) is 1. The summed E-state index contributed by atoms with van der Waals surface area (Å²) in [4.78, 5) is 36.7. The lowest BCUT2D eigenvalue weighted by Gasteiger charge is -2.26. The summed E-state index contributed by atoms with van der Waals surface area (Å²) in [5.74, 6) is -1.13. The van der Waals surface area contributed by atoms with Crippen molar-refractivity contribution in [3.8, 4) is 0 Å². The zero-order valence-corrected chi connectivity index (χ0v) is 13.5. The summed E-state index contributed by atoms with van der Waals surface area (Å²) < 4.78 is 0. The van der Waals surface area contributed by atoms with Crippen LogP contribution in [0, 0.1) is 6.92 Å². The molecule has 6 heteroatoms. The Morgan fingerprint density at radius 2 is 1.87 bits per heavy atom. The lowest BCUT2D eigenvalue weighted by molar-refractivity contribution is -0.137. The van der Waals surface area contributed by atoms with E-state index < -0.39 is 17.5 Å². The van der Waals surface area contributed by atoms with Gasteiger partial charge in [-0.3, -0.25) is 14.5 Å². The number of aliphatic carboxylic acids is 1. The highest BCUT2D eigenvalue weighted by molar-refractivity contribution is 6.07. The first-order valence-electron chi connectivity index (χ1n) is 7.84. The minimum absolute atomic E-state index is 0.0422. The van der Waals surface area contributed by atoms with E-state index in [1.807, 2.05) is 38.1 Å². The summed E-state index contributed by atoms with van der Waals surface area (Å²) in [6, 6.07) is 7.16. The number of amides is 3. The largest absolute Gasteiger partial charge is 0.481 e. The normalized spacial score (nSPS) is 20.7. The SMILES string of the molecule is CCC1(c2ccc(C)cc2)NC(=O)N(CCCCC(=O)O)C1=O. The molecule has 0 aromatic heterocycles. The molecule has 0 spiro atoms. The molecule has 6 nitrogen and oxygen atoms in total. The minimum Gasteiger partial charge on any atom is -0.481 e. The molecule has 0 radical (unpaired) electrons. The van der Waals surface area contributed by atoms with Gasteiger partial charge in [0.1, 0.15) is 5.54 Å². The quantitative estimate of drug-likeness (QED) is 0.597. The molecule has 23 heavy (non-hydrogen) atoms. The summed E-state index contributed by atoms with van der Waals surface area (Å²) in [6.07, 6.45) is 1.43. The highest BCUT2D eigenvalue weighted by Gasteiger charge is 2.50. The molecule has 2 rings (SSSR count). The topological polar surface area (TPSA) is 86.7 Å². The molecule has 1 aliphatic heterocycles. The molecule has 1 aromatic carbocycles. The molecule has 1 saturated heterocycles. The number of carboxylic acid groups (broad SMARTS) is 1. The molecular weight excluding hydrogens is 296 g/mol. The van der Waals surface area contributed by atoms with Crippen molar-refractivity contribution in [2.24, 2.45) is 0 Å². The maximum atomic E-state index is 12.8. The molecule has 0 aliphatic carbocycles. The van der Waals surface area contributed by atoms with Gasteiger partial charge in [0, 0.05) is 13.0 Å². The van der Waals surface area contributed by atoms with E-state index in [1.54, 1.807) is 0 Å². The summed E-state index contributed by atoms with van der Waals surface area (Å²) in [5, 5.41) is 11.5. The molecule has 1 unspecified atom stereocenters. The lowest BCUT2D eigenvalue weighted by atomic mass is 9.86. The average molecular weight is 318 g/mol. The maximum absolute atomic E-state index is 12.8. The molecule has 124 valence electrons. The van der Waals surface area contributed by atoms with Crippen molar-refractivity contribution < 1.29 is 19.5 Å². The van der Waals surface area contributed by atoms with E-state index in [1.165, 1.54) is 4.90 Å². The average Bonchev–Trinajstić information content (AvgIpc) is 2.76. The fourth-order valence-corrected chi connectivity index (χ4v) is 2.85. The number of imide groups is 1. The molecule has 1 aliphatic rings. The maximum Gasteiger partial charge on any atom is 0.325 e. The molecule has 3 amide bonds. The van der Waals surface area contributed by atoms with Gasteiger partial charge in [0.2, 0.25) is 0 Å². The van der Waals surface area contributed by atoms with E-state index in [9.17, 15) is 14.4 Å². The van der Waals surface area contributed by atoms with Crippen molar-refractivity contribution in [3.05, 3.63) is 35.4 Å². The van der Waals surface area contributed by atoms with Gasteiger partial charge in [0.25, 0.3) is 5.91 Å². The number of hydrogen-bond acceptors (Lipinski definition) is 3. The number of unbranched alkanes of at least 4 members (excludes halogenated alkanes) is 1. The fraction of sp³-hybridized carbons (Fsp3) is 0.471. The first kappa shape index (κ1) is 17.0. The van der Waals surface area contributed by atoms with Crippen LogP contribution in [-0.2, 0) is 15.1 Å². The third-order valence-corrected chi connectivity index (χ3v) is 4.27. The molecule has 0 saturated carbocycles. The van der Waals surface area contributed by atoms with Crippen LogP contribution in [-0.4, -0.2) is 34.5 Å². The standard InChI is InChI=1S/C17H22N2O4/c1-3-17(13-9-7-12(2)8-10-13)15(22)19(16(23)18-17)11-5-4-6-14(20)21/h7-10H,3-6,11H2,1-2H3,(H,18,23)(H,20,21). The highest BCUT2D eigenvalue weighted by atomic mass is 16.4. The van der Waals surface area contributed by atoms with Crippen LogP contribution in [0.25, 0.3) is 0 Å². The number of carbonyl (C=O) groups excluding carboxylic acids is 2. The molecule has 2 N–H and O–H groups in total. The number of rotatable bonds is 7. The van der Waals surface area contributed by atoms with E-state index in [4.69, 9.17) is 5.11 Å². The Morgan fingerprint density at radius 3 is 2.43 bits per heavy atom. The third-order valence-electron chi connectivity index (χ3n) is 4.27. The third kappa shape index (κ3) is 3.36. The molecule has 1 heterocycles. The fourth-order valence-electron chi connectivity index (χ4n) is 2.85. The van der Waals surface area contributed by atoms with Gasteiger partial charge in [-0.15, -0.1) is 0 Å². The second-order valence-corrected chi connectivity index (χ2v) is 5.86. The predicted molar refractivity (Wildman–Crippen MR) is 84.9 cm³/mol. The summed E-state index contributed by atoms with van der Waals surface area (Å²) >= 11 is 0. The Morgan fingerprint density at radius 1 is 1.22 bits per heavy atom.